The molecule has 1 aliphatic rings. The van der Waals surface area contributed by atoms with Gasteiger partial charge >= 0.3 is 0 Å². The average Bonchev–Trinajstić information content (AvgIpc) is 2.62. The van der Waals surface area contributed by atoms with Gasteiger partial charge in [-0.3, -0.25) is 10.0 Å². The van der Waals surface area contributed by atoms with Crippen molar-refractivity contribution in [2.24, 2.45) is 0 Å². The van der Waals surface area contributed by atoms with E-state index >= 15 is 0 Å². The normalized spacial score (nSPS) is 14.7. The summed E-state index contributed by atoms with van der Waals surface area (Å²) in [6.07, 6.45) is 3.27. The van der Waals surface area contributed by atoms with Gasteiger partial charge in [0, 0.05) is 24.3 Å². The third-order valence-corrected chi connectivity index (χ3v) is 4.46. The van der Waals surface area contributed by atoms with Crippen molar-refractivity contribution in [3.8, 4) is 0 Å². The van der Waals surface area contributed by atoms with Gasteiger partial charge in [0.15, 0.2) is 5.78 Å². The molecule has 2 aromatic carbocycles. The lowest BCUT2D eigenvalue weighted by Gasteiger charge is -2.26. The van der Waals surface area contributed by atoms with E-state index in [-0.39, 0.29) is 16.7 Å². The number of anilines is 3. The van der Waals surface area contributed by atoms with Crippen LogP contribution in [0.2, 0.25) is 0 Å². The number of Topliss-reactive ketones (excluding diaryl/α,β-unsaturated/α-hetero) is 1. The monoisotopic (exact) mass is 352 g/mol. The van der Waals surface area contributed by atoms with Gasteiger partial charge in [-0.1, -0.05) is 18.2 Å². The summed E-state index contributed by atoms with van der Waals surface area (Å²) < 4.78 is 0. The molecule has 136 valence electrons. The van der Waals surface area contributed by atoms with Crippen LogP contribution in [-0.4, -0.2) is 36.0 Å². The first-order chi connectivity index (χ1) is 12.4. The lowest BCUT2D eigenvalue weighted by atomic mass is 10.0. The summed E-state index contributed by atoms with van der Waals surface area (Å²) in [6.45, 7) is 3.37. The number of hydrogen-bond acceptors (Lipinski definition) is 6. The van der Waals surface area contributed by atoms with Crippen molar-refractivity contribution in [2.45, 2.75) is 13.3 Å². The van der Waals surface area contributed by atoms with Crippen molar-refractivity contribution in [2.75, 3.05) is 30.7 Å². The van der Waals surface area contributed by atoms with Gasteiger partial charge in [0.2, 0.25) is 0 Å². The van der Waals surface area contributed by atoms with Crippen LogP contribution in [0.3, 0.4) is 0 Å². The van der Waals surface area contributed by atoms with Gasteiger partial charge in [-0.05, 0) is 61.9 Å². The first-order valence-electron chi connectivity index (χ1n) is 8.50. The van der Waals surface area contributed by atoms with Crippen LogP contribution in [-0.2, 0) is 0 Å². The quantitative estimate of drug-likeness (QED) is 0.624. The summed E-state index contributed by atoms with van der Waals surface area (Å²) in [4.78, 5) is 13.8. The highest BCUT2D eigenvalue weighted by Gasteiger charge is 2.12. The molecule has 0 atom stereocenters. The van der Waals surface area contributed by atoms with Crippen LogP contribution in [0.4, 0.5) is 17.1 Å². The minimum absolute atomic E-state index is 0.000261. The highest BCUT2D eigenvalue weighted by Crippen LogP contribution is 2.30. The number of nitrogens with one attached hydrogen (secondary N) is 1. The number of carbonyl (C=O) groups excluding carboxylic acids is 1. The lowest BCUT2D eigenvalue weighted by molar-refractivity contribution is 0.101. The Morgan fingerprint density at radius 2 is 2.08 bits per heavy atom. The molecule has 26 heavy (non-hydrogen) atoms. The third-order valence-electron chi connectivity index (χ3n) is 4.46. The number of nitrogens with zero attached hydrogens (tertiary/aromatic N) is 2. The molecule has 1 aliphatic heterocycles. The molecule has 6 nitrogen and oxygen atoms in total. The second-order valence-electron chi connectivity index (χ2n) is 6.52. The first kappa shape index (κ1) is 18.1. The van der Waals surface area contributed by atoms with Gasteiger partial charge in [-0.2, -0.15) is 0 Å². The molecule has 0 saturated heterocycles. The Balaban J connectivity index is 1.89. The van der Waals surface area contributed by atoms with Crippen molar-refractivity contribution in [1.82, 2.24) is 4.90 Å². The molecule has 0 aromatic heterocycles. The number of ketones is 1. The number of carbonyl (C=O) groups is 1. The minimum Gasteiger partial charge on any atom is -0.733 e. The standard InChI is InChI=1S/C20H22N3O3/c1-14(24)15-8-9-19(20(12-15)23(25)26)21-18-7-3-5-16(11-18)17-6-4-10-22(2)13-17/h3,5-9,11-12,21,25H,4,10,13H2,1-2H3/q-1. The Morgan fingerprint density at radius 3 is 2.77 bits per heavy atom. The molecule has 1 heterocycles. The highest BCUT2D eigenvalue weighted by atomic mass is 16.8. The summed E-state index contributed by atoms with van der Waals surface area (Å²) in [7, 11) is 2.10. The maximum atomic E-state index is 11.5. The zero-order valence-corrected chi connectivity index (χ0v) is 14.9. The third kappa shape index (κ3) is 4.11. The van der Waals surface area contributed by atoms with Crippen LogP contribution < -0.4 is 10.5 Å². The van der Waals surface area contributed by atoms with Gasteiger partial charge in [0.25, 0.3) is 0 Å². The molecular weight excluding hydrogens is 330 g/mol. The summed E-state index contributed by atoms with van der Waals surface area (Å²) in [5, 5.41) is 23.8. The highest BCUT2D eigenvalue weighted by molar-refractivity contribution is 5.96. The molecule has 0 fully saturated rings. The van der Waals surface area contributed by atoms with E-state index in [4.69, 9.17) is 0 Å². The van der Waals surface area contributed by atoms with E-state index in [1.807, 2.05) is 18.2 Å². The Hall–Kier alpha value is -2.67. The van der Waals surface area contributed by atoms with E-state index < -0.39 is 0 Å². The Labute approximate surface area is 152 Å². The summed E-state index contributed by atoms with van der Waals surface area (Å²) in [6, 6.07) is 12.5. The molecule has 0 spiro atoms. The van der Waals surface area contributed by atoms with Crippen LogP contribution in [0.25, 0.3) is 5.57 Å². The fourth-order valence-electron chi connectivity index (χ4n) is 3.07. The largest absolute Gasteiger partial charge is 0.733 e. The molecular formula is C20H22N3O3-. The predicted molar refractivity (Wildman–Crippen MR) is 104 cm³/mol. The molecule has 2 N–H and O–H groups in total. The van der Waals surface area contributed by atoms with Crippen LogP contribution in [0.1, 0.15) is 29.3 Å². The average molecular weight is 352 g/mol. The molecule has 0 amide bonds. The maximum absolute atomic E-state index is 11.5. The molecule has 2 aromatic rings. The van der Waals surface area contributed by atoms with E-state index in [1.54, 1.807) is 12.1 Å². The Bertz CT molecular complexity index is 846. The van der Waals surface area contributed by atoms with Gasteiger partial charge in [-0.15, -0.1) is 0 Å². The second-order valence-corrected chi connectivity index (χ2v) is 6.52. The van der Waals surface area contributed by atoms with Crippen molar-refractivity contribution >= 4 is 28.4 Å². The molecule has 0 saturated carbocycles. The van der Waals surface area contributed by atoms with Crippen LogP contribution >= 0.6 is 0 Å². The topological polar surface area (TPSA) is 78.9 Å². The first-order valence-corrected chi connectivity index (χ1v) is 8.50. The SMILES string of the molecule is CC(=O)c1ccc(Nc2cccc(C3=CCCN(C)C3)c2)c(N([O-])O)c1. The second kappa shape index (κ2) is 7.70. The molecule has 6 heteroatoms. The zero-order chi connectivity index (χ0) is 18.7. The van der Waals surface area contributed by atoms with Crippen molar-refractivity contribution in [3.63, 3.8) is 0 Å². The Kier molecular flexibility index (Phi) is 5.37. The van der Waals surface area contributed by atoms with Crippen LogP contribution in [0.5, 0.6) is 0 Å². The van der Waals surface area contributed by atoms with Crippen molar-refractivity contribution < 1.29 is 10.0 Å². The zero-order valence-electron chi connectivity index (χ0n) is 14.9. The molecule has 0 unspecified atom stereocenters. The number of benzene rings is 2. The summed E-state index contributed by atoms with van der Waals surface area (Å²) in [5.41, 5.74) is 3.98. The fourth-order valence-corrected chi connectivity index (χ4v) is 3.07. The van der Waals surface area contributed by atoms with Crippen molar-refractivity contribution in [3.05, 3.63) is 64.9 Å². The maximum Gasteiger partial charge on any atom is 0.159 e. The molecule has 0 bridgehead atoms. The smallest absolute Gasteiger partial charge is 0.159 e. The van der Waals surface area contributed by atoms with Crippen molar-refractivity contribution in [1.29, 1.82) is 0 Å². The molecule has 3 rings (SSSR count). The summed E-state index contributed by atoms with van der Waals surface area (Å²) >= 11 is 0. The lowest BCUT2D eigenvalue weighted by Crippen LogP contribution is -2.24. The van der Waals surface area contributed by atoms with Crippen LogP contribution in [0, 0.1) is 5.21 Å². The summed E-state index contributed by atoms with van der Waals surface area (Å²) in [5.74, 6) is -0.171. The van der Waals surface area contributed by atoms with E-state index in [1.165, 1.54) is 18.6 Å². The predicted octanol–water partition coefficient (Wildman–Crippen LogP) is 4.05. The van der Waals surface area contributed by atoms with E-state index in [0.29, 0.717) is 11.3 Å². The van der Waals surface area contributed by atoms with Gasteiger partial charge in [-0.25, -0.2) is 0 Å². The van der Waals surface area contributed by atoms with Gasteiger partial charge in [0.1, 0.15) is 0 Å². The molecule has 0 aliphatic carbocycles. The van der Waals surface area contributed by atoms with E-state index in [9.17, 15) is 15.2 Å². The Morgan fingerprint density at radius 1 is 1.27 bits per heavy atom. The van der Waals surface area contributed by atoms with Gasteiger partial charge in [0.05, 0.1) is 11.4 Å². The molecule has 0 radical (unpaired) electrons. The fraction of sp³-hybridized carbons (Fsp3) is 0.250. The number of hydrogen-bond donors (Lipinski definition) is 2. The number of likely N-dealkylation sites (N-methyl/N-ethyl adjacent to an activating group) is 1. The van der Waals surface area contributed by atoms with E-state index in [0.717, 1.165) is 30.8 Å². The minimum atomic E-state index is -0.225. The van der Waals surface area contributed by atoms with Gasteiger partial charge < -0.3 is 20.7 Å². The van der Waals surface area contributed by atoms with E-state index in [2.05, 4.69) is 29.4 Å². The van der Waals surface area contributed by atoms with Crippen LogP contribution in [0.15, 0.2) is 48.5 Å². The number of rotatable bonds is 5.